The standard InChI is InChI=1S/C20H26N4O5S/c1-14(2)11-24(19(27)16-4-3-7-29-16)12-17(25)22-20-21-15(13-30-20)10-18(26)23-5-8-28-9-6-23/h3-4,7,13-14H,5-6,8-12H2,1-2H3,(H,21,22,25). The second-order valence-electron chi connectivity index (χ2n) is 7.42. The van der Waals surface area contributed by atoms with E-state index < -0.39 is 0 Å². The van der Waals surface area contributed by atoms with Crippen molar-refractivity contribution < 1.29 is 23.5 Å². The Labute approximate surface area is 179 Å². The molecule has 30 heavy (non-hydrogen) atoms. The van der Waals surface area contributed by atoms with Crippen LogP contribution in [0, 0.1) is 5.92 Å². The molecule has 1 N–H and O–H groups in total. The van der Waals surface area contributed by atoms with Crippen LogP contribution >= 0.6 is 11.3 Å². The third-order valence-electron chi connectivity index (χ3n) is 4.43. The molecule has 1 fully saturated rings. The van der Waals surface area contributed by atoms with Crippen molar-refractivity contribution >= 4 is 34.2 Å². The fraction of sp³-hybridized carbons (Fsp3) is 0.500. The van der Waals surface area contributed by atoms with Crippen molar-refractivity contribution in [2.75, 3.05) is 44.7 Å². The van der Waals surface area contributed by atoms with Crippen molar-refractivity contribution in [2.24, 2.45) is 5.92 Å². The molecule has 10 heteroatoms. The second-order valence-corrected chi connectivity index (χ2v) is 8.28. The zero-order valence-electron chi connectivity index (χ0n) is 17.1. The van der Waals surface area contributed by atoms with Gasteiger partial charge in [-0.1, -0.05) is 13.8 Å². The van der Waals surface area contributed by atoms with Gasteiger partial charge in [-0.3, -0.25) is 14.4 Å². The average molecular weight is 435 g/mol. The molecule has 0 unspecified atom stereocenters. The molecule has 0 atom stereocenters. The van der Waals surface area contributed by atoms with Crippen molar-refractivity contribution in [3.05, 3.63) is 35.2 Å². The zero-order valence-corrected chi connectivity index (χ0v) is 17.9. The van der Waals surface area contributed by atoms with Gasteiger partial charge >= 0.3 is 0 Å². The van der Waals surface area contributed by atoms with Gasteiger partial charge in [0.2, 0.25) is 11.8 Å². The molecule has 0 saturated carbocycles. The number of nitrogens with zero attached hydrogens (tertiary/aromatic N) is 3. The number of furan rings is 1. The Morgan fingerprint density at radius 3 is 2.73 bits per heavy atom. The number of anilines is 1. The number of aromatic nitrogens is 1. The van der Waals surface area contributed by atoms with E-state index in [2.05, 4.69) is 10.3 Å². The minimum Gasteiger partial charge on any atom is -0.459 e. The van der Waals surface area contributed by atoms with Crippen LogP contribution in [0.1, 0.15) is 30.1 Å². The average Bonchev–Trinajstić information content (AvgIpc) is 3.39. The largest absolute Gasteiger partial charge is 0.459 e. The van der Waals surface area contributed by atoms with Crippen LogP contribution in [-0.4, -0.2) is 71.9 Å². The Morgan fingerprint density at radius 1 is 1.30 bits per heavy atom. The molecule has 0 radical (unpaired) electrons. The molecule has 1 aliphatic heterocycles. The third-order valence-corrected chi connectivity index (χ3v) is 5.24. The maximum atomic E-state index is 12.6. The number of hydrogen-bond donors (Lipinski definition) is 1. The van der Waals surface area contributed by atoms with E-state index in [1.54, 1.807) is 22.4 Å². The molecule has 3 heterocycles. The topological polar surface area (TPSA) is 105 Å². The summed E-state index contributed by atoms with van der Waals surface area (Å²) in [7, 11) is 0. The molecule has 9 nitrogen and oxygen atoms in total. The Morgan fingerprint density at radius 2 is 2.07 bits per heavy atom. The van der Waals surface area contributed by atoms with Crippen LogP contribution in [0.2, 0.25) is 0 Å². The van der Waals surface area contributed by atoms with E-state index in [9.17, 15) is 14.4 Å². The third kappa shape index (κ3) is 6.14. The summed E-state index contributed by atoms with van der Waals surface area (Å²) in [6.45, 7) is 6.52. The molecule has 0 aromatic carbocycles. The van der Waals surface area contributed by atoms with Gasteiger partial charge in [0, 0.05) is 25.0 Å². The van der Waals surface area contributed by atoms with Crippen LogP contribution in [-0.2, 0) is 20.7 Å². The fourth-order valence-corrected chi connectivity index (χ4v) is 3.80. The van der Waals surface area contributed by atoms with Crippen molar-refractivity contribution in [2.45, 2.75) is 20.3 Å². The predicted molar refractivity (Wildman–Crippen MR) is 111 cm³/mol. The summed E-state index contributed by atoms with van der Waals surface area (Å²) in [4.78, 5) is 45.0. The van der Waals surface area contributed by atoms with Crippen molar-refractivity contribution in [3.63, 3.8) is 0 Å². The molecule has 1 aliphatic rings. The lowest BCUT2D eigenvalue weighted by Gasteiger charge is -2.26. The molecule has 3 amide bonds. The SMILES string of the molecule is CC(C)CN(CC(=O)Nc1nc(CC(=O)N2CCOCC2)cs1)C(=O)c1ccco1. The van der Waals surface area contributed by atoms with E-state index in [1.165, 1.54) is 22.5 Å². The van der Waals surface area contributed by atoms with E-state index in [-0.39, 0.29) is 42.4 Å². The van der Waals surface area contributed by atoms with Crippen LogP contribution in [0.15, 0.2) is 28.2 Å². The van der Waals surface area contributed by atoms with E-state index in [1.807, 2.05) is 13.8 Å². The monoisotopic (exact) mass is 434 g/mol. The Balaban J connectivity index is 1.55. The van der Waals surface area contributed by atoms with Gasteiger partial charge in [0.05, 0.1) is 31.6 Å². The van der Waals surface area contributed by atoms with Crippen molar-refractivity contribution in [1.82, 2.24) is 14.8 Å². The molecular weight excluding hydrogens is 408 g/mol. The first-order chi connectivity index (χ1) is 14.4. The number of thiazole rings is 1. The van der Waals surface area contributed by atoms with Gasteiger partial charge in [-0.25, -0.2) is 4.98 Å². The molecular formula is C20H26N4O5S. The fourth-order valence-electron chi connectivity index (χ4n) is 3.07. The lowest BCUT2D eigenvalue weighted by atomic mass is 10.2. The van der Waals surface area contributed by atoms with Gasteiger partial charge in [0.1, 0.15) is 6.54 Å². The van der Waals surface area contributed by atoms with E-state index >= 15 is 0 Å². The van der Waals surface area contributed by atoms with Gasteiger partial charge in [-0.05, 0) is 18.1 Å². The van der Waals surface area contributed by atoms with E-state index in [0.29, 0.717) is 43.7 Å². The van der Waals surface area contributed by atoms with Gasteiger partial charge in [0.25, 0.3) is 5.91 Å². The summed E-state index contributed by atoms with van der Waals surface area (Å²) in [5.74, 6) is -0.305. The quantitative estimate of drug-likeness (QED) is 0.680. The van der Waals surface area contributed by atoms with Crippen molar-refractivity contribution in [3.8, 4) is 0 Å². The summed E-state index contributed by atoms with van der Waals surface area (Å²) in [5, 5.41) is 4.88. The number of carbonyl (C=O) groups is 3. The number of hydrogen-bond acceptors (Lipinski definition) is 7. The lowest BCUT2D eigenvalue weighted by molar-refractivity contribution is -0.134. The molecule has 2 aromatic heterocycles. The van der Waals surface area contributed by atoms with Crippen LogP contribution < -0.4 is 5.32 Å². The molecule has 0 aliphatic carbocycles. The smallest absolute Gasteiger partial charge is 0.290 e. The number of carbonyl (C=O) groups excluding carboxylic acids is 3. The summed E-state index contributed by atoms with van der Waals surface area (Å²) in [6, 6.07) is 3.21. The number of nitrogens with one attached hydrogen (secondary N) is 1. The lowest BCUT2D eigenvalue weighted by Crippen LogP contribution is -2.41. The first-order valence-electron chi connectivity index (χ1n) is 9.85. The number of amides is 3. The first-order valence-corrected chi connectivity index (χ1v) is 10.7. The Hall–Kier alpha value is -2.72. The summed E-state index contributed by atoms with van der Waals surface area (Å²) in [6.07, 6.45) is 1.61. The van der Waals surface area contributed by atoms with Crippen LogP contribution in [0.5, 0.6) is 0 Å². The van der Waals surface area contributed by atoms with E-state index in [4.69, 9.17) is 9.15 Å². The highest BCUT2D eigenvalue weighted by Gasteiger charge is 2.23. The molecule has 3 rings (SSSR count). The first kappa shape index (κ1) is 22.0. The molecule has 0 spiro atoms. The minimum absolute atomic E-state index is 0.00590. The maximum absolute atomic E-state index is 12.6. The zero-order chi connectivity index (χ0) is 21.5. The minimum atomic E-state index is -0.351. The summed E-state index contributed by atoms with van der Waals surface area (Å²) < 4.78 is 10.4. The van der Waals surface area contributed by atoms with E-state index in [0.717, 1.165) is 0 Å². The van der Waals surface area contributed by atoms with Crippen LogP contribution in [0.3, 0.4) is 0 Å². The van der Waals surface area contributed by atoms with Gasteiger partial charge in [-0.15, -0.1) is 11.3 Å². The number of rotatable bonds is 8. The molecule has 2 aromatic rings. The number of morpholine rings is 1. The highest BCUT2D eigenvalue weighted by atomic mass is 32.1. The van der Waals surface area contributed by atoms with Gasteiger partial charge < -0.3 is 24.3 Å². The maximum Gasteiger partial charge on any atom is 0.290 e. The van der Waals surface area contributed by atoms with Crippen LogP contribution in [0.25, 0.3) is 0 Å². The van der Waals surface area contributed by atoms with Gasteiger partial charge in [0.15, 0.2) is 10.9 Å². The summed E-state index contributed by atoms with van der Waals surface area (Å²) >= 11 is 1.25. The molecule has 1 saturated heterocycles. The molecule has 162 valence electrons. The van der Waals surface area contributed by atoms with Crippen LogP contribution in [0.4, 0.5) is 5.13 Å². The van der Waals surface area contributed by atoms with Gasteiger partial charge in [-0.2, -0.15) is 0 Å². The van der Waals surface area contributed by atoms with Crippen molar-refractivity contribution in [1.29, 1.82) is 0 Å². The predicted octanol–water partition coefficient (Wildman–Crippen LogP) is 1.87. The Kier molecular flexibility index (Phi) is 7.58. The molecule has 0 bridgehead atoms. The highest BCUT2D eigenvalue weighted by molar-refractivity contribution is 7.13. The highest BCUT2D eigenvalue weighted by Crippen LogP contribution is 2.17. The summed E-state index contributed by atoms with van der Waals surface area (Å²) in [5.41, 5.74) is 0.609. The Bertz CT molecular complexity index is 858. The second kappa shape index (κ2) is 10.4. The number of ether oxygens (including phenoxy) is 1. The normalized spacial score (nSPS) is 14.0.